The maximum Gasteiger partial charge on any atom is 0.338 e. The summed E-state index contributed by atoms with van der Waals surface area (Å²) < 4.78 is 21.9. The van der Waals surface area contributed by atoms with Gasteiger partial charge in [-0.05, 0) is 67.9 Å². The molecule has 12 heteroatoms. The molecule has 5 rings (SSSR count). The number of nitrogens with zero attached hydrogens (tertiary/aromatic N) is 3. The van der Waals surface area contributed by atoms with Crippen molar-refractivity contribution < 1.29 is 18.7 Å². The van der Waals surface area contributed by atoms with E-state index >= 15 is 0 Å². The van der Waals surface area contributed by atoms with Crippen LogP contribution in [0.3, 0.4) is 0 Å². The number of nitrogens with one attached hydrogen (secondary N) is 2. The van der Waals surface area contributed by atoms with Gasteiger partial charge in [-0.2, -0.15) is 4.98 Å². The fourth-order valence-electron chi connectivity index (χ4n) is 4.35. The zero-order valence-corrected chi connectivity index (χ0v) is 25.1. The minimum absolute atomic E-state index is 0.236. The van der Waals surface area contributed by atoms with E-state index in [1.165, 1.54) is 17.8 Å². The third-order valence-electron chi connectivity index (χ3n) is 6.32. The van der Waals surface area contributed by atoms with Crippen LogP contribution in [-0.4, -0.2) is 33.2 Å². The van der Waals surface area contributed by atoms with Gasteiger partial charge in [-0.3, -0.25) is 4.79 Å². The Balaban J connectivity index is 1.44. The van der Waals surface area contributed by atoms with E-state index in [1.54, 1.807) is 54.9 Å². The van der Waals surface area contributed by atoms with Crippen LogP contribution in [0.4, 0.5) is 16.0 Å². The van der Waals surface area contributed by atoms with Crippen molar-refractivity contribution in [3.05, 3.63) is 110 Å². The molecule has 1 amide bonds. The molecule has 2 heterocycles. The van der Waals surface area contributed by atoms with Gasteiger partial charge < -0.3 is 15.4 Å². The zero-order valence-electron chi connectivity index (χ0n) is 22.0. The van der Waals surface area contributed by atoms with Gasteiger partial charge in [-0.15, -0.1) is 5.10 Å². The molecule has 3 aromatic carbocycles. The van der Waals surface area contributed by atoms with E-state index in [0.29, 0.717) is 44.2 Å². The smallest absolute Gasteiger partial charge is 0.338 e. The van der Waals surface area contributed by atoms with Gasteiger partial charge in [0.25, 0.3) is 5.91 Å². The number of amides is 1. The lowest BCUT2D eigenvalue weighted by atomic mass is 9.95. The molecule has 0 aliphatic carbocycles. The van der Waals surface area contributed by atoms with Crippen molar-refractivity contribution in [1.82, 2.24) is 14.8 Å². The number of anilines is 2. The van der Waals surface area contributed by atoms with E-state index in [1.807, 2.05) is 24.3 Å². The van der Waals surface area contributed by atoms with Crippen LogP contribution in [0.1, 0.15) is 41.4 Å². The lowest BCUT2D eigenvalue weighted by Gasteiger charge is -2.28. The molecule has 41 heavy (non-hydrogen) atoms. The van der Waals surface area contributed by atoms with E-state index in [0.717, 1.165) is 10.0 Å². The van der Waals surface area contributed by atoms with E-state index in [-0.39, 0.29) is 18.3 Å². The number of ether oxygens (including phenoxy) is 1. The monoisotopic (exact) mass is 655 g/mol. The Hall–Kier alpha value is -3.67. The van der Waals surface area contributed by atoms with Crippen LogP contribution in [0.25, 0.3) is 0 Å². The Kier molecular flexibility index (Phi) is 8.77. The molecule has 0 unspecified atom stereocenters. The summed E-state index contributed by atoms with van der Waals surface area (Å²) in [5, 5.41) is 11.5. The van der Waals surface area contributed by atoms with Crippen molar-refractivity contribution in [2.24, 2.45) is 0 Å². The summed E-state index contributed by atoms with van der Waals surface area (Å²) in [5.41, 5.74) is 3.13. The first kappa shape index (κ1) is 28.8. The minimum atomic E-state index is -0.600. The molecular formula is C29H24BrClFN5O3S. The normalized spacial score (nSPS) is 14.3. The first-order chi connectivity index (χ1) is 19.7. The predicted molar refractivity (Wildman–Crippen MR) is 161 cm³/mol. The van der Waals surface area contributed by atoms with E-state index < -0.39 is 17.8 Å². The van der Waals surface area contributed by atoms with Gasteiger partial charge in [0.15, 0.2) is 0 Å². The minimum Gasteiger partial charge on any atom is -0.462 e. The van der Waals surface area contributed by atoms with Crippen molar-refractivity contribution in [1.29, 1.82) is 0 Å². The van der Waals surface area contributed by atoms with Crippen LogP contribution in [0.2, 0.25) is 5.02 Å². The molecule has 0 saturated carbocycles. The summed E-state index contributed by atoms with van der Waals surface area (Å²) in [6.45, 7) is 3.81. The number of esters is 1. The number of thioether (sulfide) groups is 1. The largest absolute Gasteiger partial charge is 0.462 e. The maximum atomic E-state index is 14.3. The van der Waals surface area contributed by atoms with Crippen LogP contribution in [0, 0.1) is 5.82 Å². The number of halogens is 3. The standard InChI is InChI=1S/C29H24BrClFN5O3S/c1-3-40-27(39)18-9-13-20(14-10-18)34-26(38)24-16(2)33-28-35-29(41-15-21-22(31)5-4-6-23(21)32)36-37(28)25(24)17-7-11-19(30)12-8-17/h4-14,25H,3,15H2,1-2H3,(H,34,38)(H,33,35,36)/t25-/m1/s1. The number of rotatable bonds is 8. The number of fused-ring (bicyclic) bond motifs is 1. The summed E-state index contributed by atoms with van der Waals surface area (Å²) in [7, 11) is 0. The van der Waals surface area contributed by atoms with Crippen LogP contribution in [0.5, 0.6) is 0 Å². The van der Waals surface area contributed by atoms with Crippen molar-refractivity contribution in [3.8, 4) is 0 Å². The highest BCUT2D eigenvalue weighted by Gasteiger charge is 2.34. The van der Waals surface area contributed by atoms with E-state index in [2.05, 4.69) is 31.5 Å². The highest BCUT2D eigenvalue weighted by molar-refractivity contribution is 9.10. The molecule has 1 aliphatic heterocycles. The summed E-state index contributed by atoms with van der Waals surface area (Å²) >= 11 is 10.9. The predicted octanol–water partition coefficient (Wildman–Crippen LogP) is 7.23. The Bertz CT molecular complexity index is 1620. The van der Waals surface area contributed by atoms with Gasteiger partial charge >= 0.3 is 5.97 Å². The SMILES string of the molecule is CCOC(=O)c1ccc(NC(=O)C2=C(C)Nc3nc(SCc4c(F)cccc4Cl)nn3[C@@H]2c2ccc(Br)cc2)cc1. The van der Waals surface area contributed by atoms with Gasteiger partial charge in [0.05, 0.1) is 17.7 Å². The second-order valence-electron chi connectivity index (χ2n) is 9.02. The van der Waals surface area contributed by atoms with Gasteiger partial charge in [0.1, 0.15) is 11.9 Å². The van der Waals surface area contributed by atoms with E-state index in [4.69, 9.17) is 21.4 Å². The summed E-state index contributed by atoms with van der Waals surface area (Å²) in [4.78, 5) is 30.3. The molecule has 210 valence electrons. The molecule has 1 atom stereocenters. The molecular weight excluding hydrogens is 633 g/mol. The molecule has 2 N–H and O–H groups in total. The molecule has 0 spiro atoms. The van der Waals surface area contributed by atoms with Crippen molar-refractivity contribution >= 4 is 62.8 Å². The topological polar surface area (TPSA) is 98.1 Å². The second-order valence-corrected chi connectivity index (χ2v) is 11.3. The number of carbonyl (C=O) groups is 2. The van der Waals surface area contributed by atoms with Gasteiger partial charge in [-0.1, -0.05) is 57.5 Å². The van der Waals surface area contributed by atoms with Crippen LogP contribution in [0.15, 0.2) is 87.6 Å². The molecule has 4 aromatic rings. The van der Waals surface area contributed by atoms with Gasteiger partial charge in [0.2, 0.25) is 11.1 Å². The number of allylic oxidation sites excluding steroid dienone is 1. The molecule has 0 saturated heterocycles. The number of carbonyl (C=O) groups excluding carboxylic acids is 2. The van der Waals surface area contributed by atoms with Crippen molar-refractivity contribution in [3.63, 3.8) is 0 Å². The van der Waals surface area contributed by atoms with E-state index in [9.17, 15) is 14.0 Å². The fraction of sp³-hybridized carbons (Fsp3) is 0.172. The van der Waals surface area contributed by atoms with Crippen LogP contribution in [-0.2, 0) is 15.3 Å². The lowest BCUT2D eigenvalue weighted by Crippen LogP contribution is -2.31. The maximum absolute atomic E-state index is 14.3. The first-order valence-electron chi connectivity index (χ1n) is 12.6. The molecule has 8 nitrogen and oxygen atoms in total. The Labute approximate surface area is 253 Å². The summed E-state index contributed by atoms with van der Waals surface area (Å²) in [6, 6.07) is 18.1. The molecule has 0 radical (unpaired) electrons. The molecule has 1 aliphatic rings. The second kappa shape index (κ2) is 12.5. The van der Waals surface area contributed by atoms with Gasteiger partial charge in [0, 0.05) is 32.2 Å². The fourth-order valence-corrected chi connectivity index (χ4v) is 5.79. The Morgan fingerprint density at radius 3 is 2.56 bits per heavy atom. The number of aromatic nitrogens is 3. The van der Waals surface area contributed by atoms with Crippen molar-refractivity contribution in [2.75, 3.05) is 17.2 Å². The molecule has 1 aromatic heterocycles. The Morgan fingerprint density at radius 2 is 1.88 bits per heavy atom. The molecule has 0 fully saturated rings. The highest BCUT2D eigenvalue weighted by atomic mass is 79.9. The van der Waals surface area contributed by atoms with Crippen LogP contribution < -0.4 is 10.6 Å². The third kappa shape index (κ3) is 6.32. The molecule has 0 bridgehead atoms. The number of benzene rings is 3. The highest BCUT2D eigenvalue weighted by Crippen LogP contribution is 2.38. The average molecular weight is 657 g/mol. The Morgan fingerprint density at radius 1 is 1.15 bits per heavy atom. The van der Waals surface area contributed by atoms with Crippen LogP contribution >= 0.6 is 39.3 Å². The van der Waals surface area contributed by atoms with Crippen molar-refractivity contribution in [2.45, 2.75) is 30.8 Å². The number of hydrogen-bond donors (Lipinski definition) is 2. The zero-order chi connectivity index (χ0) is 29.1. The lowest BCUT2D eigenvalue weighted by molar-refractivity contribution is -0.113. The summed E-state index contributed by atoms with van der Waals surface area (Å²) in [5.74, 6) is -0.487. The average Bonchev–Trinajstić information content (AvgIpc) is 3.35. The third-order valence-corrected chi connectivity index (χ3v) is 8.07. The van der Waals surface area contributed by atoms with Gasteiger partial charge in [-0.25, -0.2) is 13.9 Å². The number of hydrogen-bond acceptors (Lipinski definition) is 7. The summed E-state index contributed by atoms with van der Waals surface area (Å²) in [6.07, 6.45) is 0. The first-order valence-corrected chi connectivity index (χ1v) is 14.7. The quantitative estimate of drug-likeness (QED) is 0.153.